The fourth-order valence-electron chi connectivity index (χ4n) is 3.47. The van der Waals surface area contributed by atoms with Gasteiger partial charge in [0.2, 0.25) is 11.8 Å². The van der Waals surface area contributed by atoms with E-state index in [1.54, 1.807) is 0 Å². The van der Waals surface area contributed by atoms with Crippen molar-refractivity contribution in [1.29, 1.82) is 0 Å². The van der Waals surface area contributed by atoms with E-state index in [9.17, 15) is 9.59 Å². The molecule has 0 saturated heterocycles. The average molecular weight is 314 g/mol. The van der Waals surface area contributed by atoms with Crippen molar-refractivity contribution in [1.82, 2.24) is 10.6 Å². The highest BCUT2D eigenvalue weighted by Gasteiger charge is 2.30. The Kier molecular flexibility index (Phi) is 5.31. The predicted molar refractivity (Wildman–Crippen MR) is 89.8 cm³/mol. The minimum Gasteiger partial charge on any atom is -0.352 e. The zero-order chi connectivity index (χ0) is 16.1. The maximum atomic E-state index is 12.1. The van der Waals surface area contributed by atoms with Gasteiger partial charge in [-0.25, -0.2) is 0 Å². The van der Waals surface area contributed by atoms with Gasteiger partial charge in [0, 0.05) is 12.0 Å². The van der Waals surface area contributed by atoms with Crippen LogP contribution in [-0.2, 0) is 16.0 Å². The maximum absolute atomic E-state index is 12.1. The van der Waals surface area contributed by atoms with E-state index in [0.717, 1.165) is 32.1 Å². The molecule has 2 saturated carbocycles. The topological polar surface area (TPSA) is 58.2 Å². The van der Waals surface area contributed by atoms with Gasteiger partial charge in [-0.2, -0.15) is 0 Å². The van der Waals surface area contributed by atoms with Crippen LogP contribution < -0.4 is 10.6 Å². The summed E-state index contributed by atoms with van der Waals surface area (Å²) in [7, 11) is 0. The summed E-state index contributed by atoms with van der Waals surface area (Å²) in [5.41, 5.74) is 1.33. The number of amides is 2. The lowest BCUT2D eigenvalue weighted by Crippen LogP contribution is -2.47. The van der Waals surface area contributed by atoms with E-state index in [-0.39, 0.29) is 30.3 Å². The highest BCUT2D eigenvalue weighted by molar-refractivity contribution is 5.86. The first-order chi connectivity index (χ1) is 11.2. The van der Waals surface area contributed by atoms with Crippen LogP contribution in [0, 0.1) is 11.8 Å². The standard InChI is InChI=1S/C19H26N2O2/c22-18(13-20-19(23)15-10-11-15)21-17-9-5-4-8-16(17)12-14-6-2-1-3-7-14/h1-3,6-7,15-17H,4-5,8-13H2,(H,20,23)(H,21,22)/t16-,17+/m1/s1. The van der Waals surface area contributed by atoms with Crippen molar-refractivity contribution in [3.63, 3.8) is 0 Å². The van der Waals surface area contributed by atoms with E-state index in [0.29, 0.717) is 5.92 Å². The molecule has 0 heterocycles. The van der Waals surface area contributed by atoms with Crippen LogP contribution in [-0.4, -0.2) is 24.4 Å². The van der Waals surface area contributed by atoms with Crippen molar-refractivity contribution in [2.45, 2.75) is 51.0 Å². The molecule has 0 aliphatic heterocycles. The molecule has 4 nitrogen and oxygen atoms in total. The van der Waals surface area contributed by atoms with Crippen LogP contribution in [0.2, 0.25) is 0 Å². The summed E-state index contributed by atoms with van der Waals surface area (Å²) in [5.74, 6) is 0.631. The van der Waals surface area contributed by atoms with Gasteiger partial charge in [-0.15, -0.1) is 0 Å². The summed E-state index contributed by atoms with van der Waals surface area (Å²) in [4.78, 5) is 23.7. The molecule has 124 valence electrons. The van der Waals surface area contributed by atoms with Crippen molar-refractivity contribution < 1.29 is 9.59 Å². The summed E-state index contributed by atoms with van der Waals surface area (Å²) in [5, 5.41) is 5.90. The molecule has 0 bridgehead atoms. The molecule has 1 aromatic rings. The van der Waals surface area contributed by atoms with Crippen LogP contribution in [0.5, 0.6) is 0 Å². The quantitative estimate of drug-likeness (QED) is 0.847. The number of hydrogen-bond acceptors (Lipinski definition) is 2. The van der Waals surface area contributed by atoms with Gasteiger partial charge >= 0.3 is 0 Å². The SMILES string of the molecule is O=C(CNC(=O)C1CC1)N[C@H]1CCCC[C@@H]1Cc1ccccc1. The Hall–Kier alpha value is -1.84. The largest absolute Gasteiger partial charge is 0.352 e. The molecular weight excluding hydrogens is 288 g/mol. The monoisotopic (exact) mass is 314 g/mol. The van der Waals surface area contributed by atoms with Crippen molar-refractivity contribution in [3.8, 4) is 0 Å². The molecular formula is C19H26N2O2. The predicted octanol–water partition coefficient (Wildman–Crippen LogP) is 2.43. The second-order valence-electron chi connectivity index (χ2n) is 6.90. The van der Waals surface area contributed by atoms with Crippen LogP contribution in [0.4, 0.5) is 0 Å². The summed E-state index contributed by atoms with van der Waals surface area (Å²) in [6.45, 7) is 0.115. The molecule has 0 spiro atoms. The third kappa shape index (κ3) is 4.81. The first-order valence-corrected chi connectivity index (χ1v) is 8.83. The van der Waals surface area contributed by atoms with Crippen molar-refractivity contribution in [2.75, 3.05) is 6.54 Å². The van der Waals surface area contributed by atoms with E-state index in [2.05, 4.69) is 34.9 Å². The van der Waals surface area contributed by atoms with Gasteiger partial charge in [-0.05, 0) is 43.6 Å². The number of hydrogen-bond donors (Lipinski definition) is 2. The molecule has 0 aromatic heterocycles. The molecule has 0 unspecified atom stereocenters. The number of benzene rings is 1. The summed E-state index contributed by atoms with van der Waals surface area (Å²) in [6.07, 6.45) is 7.56. The molecule has 2 fully saturated rings. The molecule has 0 radical (unpaired) electrons. The van der Waals surface area contributed by atoms with Gasteiger partial charge in [0.25, 0.3) is 0 Å². The lowest BCUT2D eigenvalue weighted by molar-refractivity contribution is -0.127. The Morgan fingerprint density at radius 1 is 1.00 bits per heavy atom. The van der Waals surface area contributed by atoms with E-state index < -0.39 is 0 Å². The molecule has 4 heteroatoms. The Balaban J connectivity index is 1.49. The fourth-order valence-corrected chi connectivity index (χ4v) is 3.47. The summed E-state index contributed by atoms with van der Waals surface area (Å²) in [6, 6.07) is 10.7. The van der Waals surface area contributed by atoms with Crippen LogP contribution >= 0.6 is 0 Å². The van der Waals surface area contributed by atoms with Crippen LogP contribution in [0.1, 0.15) is 44.1 Å². The lowest BCUT2D eigenvalue weighted by Gasteiger charge is -2.32. The molecule has 2 N–H and O–H groups in total. The number of rotatable bonds is 6. The van der Waals surface area contributed by atoms with E-state index in [1.165, 1.54) is 18.4 Å². The third-order valence-corrected chi connectivity index (χ3v) is 4.97. The maximum Gasteiger partial charge on any atom is 0.239 e. The van der Waals surface area contributed by atoms with Crippen LogP contribution in [0.15, 0.2) is 30.3 Å². The van der Waals surface area contributed by atoms with Gasteiger partial charge in [0.1, 0.15) is 0 Å². The summed E-state index contributed by atoms with van der Waals surface area (Å²) < 4.78 is 0. The van der Waals surface area contributed by atoms with Gasteiger partial charge in [0.15, 0.2) is 0 Å². The molecule has 2 aliphatic carbocycles. The molecule has 2 aliphatic rings. The zero-order valence-electron chi connectivity index (χ0n) is 13.6. The minimum atomic E-state index is -0.0519. The first-order valence-electron chi connectivity index (χ1n) is 8.83. The number of carbonyl (C=O) groups is 2. The fraction of sp³-hybridized carbons (Fsp3) is 0.579. The highest BCUT2D eigenvalue weighted by Crippen LogP contribution is 2.29. The van der Waals surface area contributed by atoms with Gasteiger partial charge < -0.3 is 10.6 Å². The average Bonchev–Trinajstić information content (AvgIpc) is 3.40. The van der Waals surface area contributed by atoms with Crippen molar-refractivity contribution in [3.05, 3.63) is 35.9 Å². The van der Waals surface area contributed by atoms with Crippen molar-refractivity contribution in [2.24, 2.45) is 11.8 Å². The van der Waals surface area contributed by atoms with E-state index in [1.807, 2.05) is 6.07 Å². The smallest absolute Gasteiger partial charge is 0.239 e. The Labute approximate surface area is 138 Å². The lowest BCUT2D eigenvalue weighted by atomic mass is 9.80. The Morgan fingerprint density at radius 3 is 2.48 bits per heavy atom. The minimum absolute atomic E-state index is 0.0321. The molecule has 23 heavy (non-hydrogen) atoms. The van der Waals surface area contributed by atoms with Gasteiger partial charge in [-0.1, -0.05) is 43.2 Å². The van der Waals surface area contributed by atoms with Gasteiger partial charge in [-0.3, -0.25) is 9.59 Å². The molecule has 3 rings (SSSR count). The van der Waals surface area contributed by atoms with E-state index in [4.69, 9.17) is 0 Å². The first kappa shape index (κ1) is 16.0. The highest BCUT2D eigenvalue weighted by atomic mass is 16.2. The normalized spacial score (nSPS) is 24.0. The van der Waals surface area contributed by atoms with Crippen LogP contribution in [0.25, 0.3) is 0 Å². The van der Waals surface area contributed by atoms with Crippen LogP contribution in [0.3, 0.4) is 0 Å². The third-order valence-electron chi connectivity index (χ3n) is 4.97. The van der Waals surface area contributed by atoms with Crippen molar-refractivity contribution >= 4 is 11.8 Å². The zero-order valence-corrected chi connectivity index (χ0v) is 13.6. The Morgan fingerprint density at radius 2 is 1.74 bits per heavy atom. The molecule has 2 amide bonds. The summed E-state index contributed by atoms with van der Waals surface area (Å²) >= 11 is 0. The second-order valence-corrected chi connectivity index (χ2v) is 6.90. The van der Waals surface area contributed by atoms with E-state index >= 15 is 0 Å². The second kappa shape index (κ2) is 7.62. The van der Waals surface area contributed by atoms with Gasteiger partial charge in [0.05, 0.1) is 6.54 Å². The number of nitrogens with one attached hydrogen (secondary N) is 2. The molecule has 2 atom stereocenters. The Bertz CT molecular complexity index is 540. The molecule has 1 aromatic carbocycles. The number of carbonyl (C=O) groups excluding carboxylic acids is 2.